The highest BCUT2D eigenvalue weighted by Crippen LogP contribution is 2.15. The van der Waals surface area contributed by atoms with Crippen LogP contribution in [-0.2, 0) is 11.3 Å². The fourth-order valence-corrected chi connectivity index (χ4v) is 3.12. The van der Waals surface area contributed by atoms with Crippen molar-refractivity contribution in [2.24, 2.45) is 5.10 Å². The van der Waals surface area contributed by atoms with Gasteiger partial charge in [0.1, 0.15) is 0 Å². The highest BCUT2D eigenvalue weighted by Gasteiger charge is 2.11. The van der Waals surface area contributed by atoms with E-state index in [0.29, 0.717) is 5.56 Å². The molecule has 27 heavy (non-hydrogen) atoms. The molecule has 0 atom stereocenters. The van der Waals surface area contributed by atoms with Crippen LogP contribution in [0.5, 0.6) is 0 Å². The molecule has 0 spiro atoms. The Bertz CT molecular complexity index is 822. The number of carbonyl (C=O) groups is 1. The second-order valence-electron chi connectivity index (χ2n) is 7.01. The molecule has 0 saturated carbocycles. The lowest BCUT2D eigenvalue weighted by Gasteiger charge is -2.26. The number of aryl methyl sites for hydroxylation is 1. The van der Waals surface area contributed by atoms with E-state index in [0.717, 1.165) is 38.4 Å². The van der Waals surface area contributed by atoms with Crippen molar-refractivity contribution in [3.8, 4) is 0 Å². The van der Waals surface area contributed by atoms with Gasteiger partial charge in [-0.2, -0.15) is 5.10 Å². The predicted octanol–water partition coefficient (Wildman–Crippen LogP) is 3.21. The van der Waals surface area contributed by atoms with Crippen LogP contribution in [0.2, 0.25) is 0 Å². The van der Waals surface area contributed by atoms with Gasteiger partial charge < -0.3 is 4.74 Å². The maximum absolute atomic E-state index is 12.3. The van der Waals surface area contributed by atoms with Crippen molar-refractivity contribution >= 4 is 12.1 Å². The Kier molecular flexibility index (Phi) is 6.37. The van der Waals surface area contributed by atoms with Gasteiger partial charge in [0.25, 0.3) is 5.91 Å². The summed E-state index contributed by atoms with van der Waals surface area (Å²) in [6.07, 6.45) is 1.70. The average molecular weight is 365 g/mol. The Hall–Kier alpha value is -2.50. The number of carbonyl (C=O) groups excluding carboxylic acids is 1. The van der Waals surface area contributed by atoms with E-state index in [4.69, 9.17) is 4.74 Å². The molecule has 2 aromatic rings. The maximum atomic E-state index is 12.3. The van der Waals surface area contributed by atoms with E-state index in [1.165, 1.54) is 22.3 Å². The molecule has 0 radical (unpaired) electrons. The molecular weight excluding hydrogens is 338 g/mol. The Morgan fingerprint density at radius 3 is 2.48 bits per heavy atom. The van der Waals surface area contributed by atoms with Crippen molar-refractivity contribution in [1.29, 1.82) is 0 Å². The summed E-state index contributed by atoms with van der Waals surface area (Å²) in [5.74, 6) is -0.203. The fraction of sp³-hybridized carbons (Fsp3) is 0.364. The van der Waals surface area contributed by atoms with E-state index in [9.17, 15) is 4.79 Å². The predicted molar refractivity (Wildman–Crippen MR) is 108 cm³/mol. The van der Waals surface area contributed by atoms with Crippen molar-refractivity contribution in [1.82, 2.24) is 10.3 Å². The summed E-state index contributed by atoms with van der Waals surface area (Å²) in [6, 6.07) is 11.8. The summed E-state index contributed by atoms with van der Waals surface area (Å²) >= 11 is 0. The second-order valence-corrected chi connectivity index (χ2v) is 7.01. The molecule has 1 N–H and O–H groups in total. The number of morpholine rings is 1. The molecule has 5 heteroatoms. The minimum absolute atomic E-state index is 0.203. The van der Waals surface area contributed by atoms with Crippen LogP contribution in [-0.4, -0.2) is 43.3 Å². The fourth-order valence-electron chi connectivity index (χ4n) is 3.12. The Labute approximate surface area is 161 Å². The lowest BCUT2D eigenvalue weighted by atomic mass is 10.00. The lowest BCUT2D eigenvalue weighted by Crippen LogP contribution is -2.35. The van der Waals surface area contributed by atoms with Crippen LogP contribution in [0.15, 0.2) is 41.5 Å². The zero-order valence-electron chi connectivity index (χ0n) is 16.3. The molecule has 1 saturated heterocycles. The Morgan fingerprint density at radius 2 is 1.78 bits per heavy atom. The first kappa shape index (κ1) is 19.3. The number of hydrogen-bond acceptors (Lipinski definition) is 4. The third-order valence-corrected chi connectivity index (χ3v) is 5.20. The molecule has 1 amide bonds. The van der Waals surface area contributed by atoms with Crippen molar-refractivity contribution < 1.29 is 9.53 Å². The summed E-state index contributed by atoms with van der Waals surface area (Å²) in [5, 5.41) is 4.12. The molecule has 3 rings (SSSR count). The maximum Gasteiger partial charge on any atom is 0.271 e. The first-order chi connectivity index (χ1) is 13.0. The standard InChI is InChI=1S/C22H27N3O2/c1-16-4-7-21(18(3)17(16)2)14-23-24-22(26)20-8-5-19(6-9-20)15-25-10-12-27-13-11-25/h4-9,14H,10-13,15H2,1-3H3,(H,24,26)/b23-14+. The highest BCUT2D eigenvalue weighted by molar-refractivity contribution is 5.95. The molecule has 1 aliphatic heterocycles. The van der Waals surface area contributed by atoms with Gasteiger partial charge in [-0.15, -0.1) is 0 Å². The van der Waals surface area contributed by atoms with Gasteiger partial charge in [0, 0.05) is 25.2 Å². The largest absolute Gasteiger partial charge is 0.379 e. The van der Waals surface area contributed by atoms with E-state index >= 15 is 0 Å². The van der Waals surface area contributed by atoms with E-state index in [-0.39, 0.29) is 5.91 Å². The van der Waals surface area contributed by atoms with Gasteiger partial charge in [-0.3, -0.25) is 9.69 Å². The number of nitrogens with zero attached hydrogens (tertiary/aromatic N) is 2. The molecular formula is C22H27N3O2. The van der Waals surface area contributed by atoms with Crippen molar-refractivity contribution in [2.45, 2.75) is 27.3 Å². The molecule has 0 aromatic heterocycles. The van der Waals surface area contributed by atoms with Crippen LogP contribution >= 0.6 is 0 Å². The molecule has 2 aromatic carbocycles. The van der Waals surface area contributed by atoms with Crippen LogP contribution < -0.4 is 5.43 Å². The van der Waals surface area contributed by atoms with Crippen molar-refractivity contribution in [3.05, 3.63) is 69.8 Å². The number of amides is 1. The number of rotatable bonds is 5. The smallest absolute Gasteiger partial charge is 0.271 e. The molecule has 142 valence electrons. The van der Waals surface area contributed by atoms with Gasteiger partial charge in [0.05, 0.1) is 19.4 Å². The van der Waals surface area contributed by atoms with Crippen molar-refractivity contribution in [3.63, 3.8) is 0 Å². The van der Waals surface area contributed by atoms with Gasteiger partial charge in [-0.1, -0.05) is 24.3 Å². The van der Waals surface area contributed by atoms with Crippen LogP contribution in [0, 0.1) is 20.8 Å². The second kappa shape index (κ2) is 8.93. The number of benzene rings is 2. The molecule has 1 aliphatic rings. The van der Waals surface area contributed by atoms with Gasteiger partial charge in [-0.25, -0.2) is 5.43 Å². The van der Waals surface area contributed by atoms with Gasteiger partial charge in [-0.05, 0) is 60.7 Å². The Balaban J connectivity index is 1.57. The Morgan fingerprint density at radius 1 is 1.07 bits per heavy atom. The minimum Gasteiger partial charge on any atom is -0.379 e. The normalized spacial score (nSPS) is 15.2. The zero-order chi connectivity index (χ0) is 19.2. The number of hydrogen-bond donors (Lipinski definition) is 1. The lowest BCUT2D eigenvalue weighted by molar-refractivity contribution is 0.0342. The molecule has 0 unspecified atom stereocenters. The van der Waals surface area contributed by atoms with Gasteiger partial charge >= 0.3 is 0 Å². The molecule has 1 heterocycles. The summed E-state index contributed by atoms with van der Waals surface area (Å²) in [5.41, 5.74) is 9.12. The summed E-state index contributed by atoms with van der Waals surface area (Å²) in [6.45, 7) is 10.6. The van der Waals surface area contributed by atoms with Gasteiger partial charge in [0.15, 0.2) is 0 Å². The molecule has 0 aliphatic carbocycles. The van der Waals surface area contributed by atoms with Crippen molar-refractivity contribution in [2.75, 3.05) is 26.3 Å². The van der Waals surface area contributed by atoms with E-state index in [2.05, 4.69) is 42.3 Å². The molecule has 1 fully saturated rings. The van der Waals surface area contributed by atoms with Crippen LogP contribution in [0.3, 0.4) is 0 Å². The summed E-state index contributed by atoms with van der Waals surface area (Å²) < 4.78 is 5.37. The van der Waals surface area contributed by atoms with Crippen LogP contribution in [0.4, 0.5) is 0 Å². The highest BCUT2D eigenvalue weighted by atomic mass is 16.5. The molecule has 0 bridgehead atoms. The quantitative estimate of drug-likeness (QED) is 0.654. The topological polar surface area (TPSA) is 53.9 Å². The number of nitrogens with one attached hydrogen (secondary N) is 1. The first-order valence-corrected chi connectivity index (χ1v) is 9.34. The summed E-state index contributed by atoms with van der Waals surface area (Å²) in [4.78, 5) is 14.6. The average Bonchev–Trinajstić information content (AvgIpc) is 2.69. The monoisotopic (exact) mass is 365 g/mol. The van der Waals surface area contributed by atoms with E-state index < -0.39 is 0 Å². The third-order valence-electron chi connectivity index (χ3n) is 5.20. The SMILES string of the molecule is Cc1ccc(/C=N/NC(=O)c2ccc(CN3CCOCC3)cc2)c(C)c1C. The van der Waals surface area contributed by atoms with E-state index in [1.807, 2.05) is 30.3 Å². The molecule has 5 nitrogen and oxygen atoms in total. The summed E-state index contributed by atoms with van der Waals surface area (Å²) in [7, 11) is 0. The number of hydrazone groups is 1. The first-order valence-electron chi connectivity index (χ1n) is 9.34. The zero-order valence-corrected chi connectivity index (χ0v) is 16.3. The number of ether oxygens (including phenoxy) is 1. The van der Waals surface area contributed by atoms with Crippen LogP contribution in [0.1, 0.15) is 38.2 Å². The third kappa shape index (κ3) is 5.02. The van der Waals surface area contributed by atoms with E-state index in [1.54, 1.807) is 6.21 Å². The minimum atomic E-state index is -0.203. The van der Waals surface area contributed by atoms with Gasteiger partial charge in [0.2, 0.25) is 0 Å². The van der Waals surface area contributed by atoms with Crippen LogP contribution in [0.25, 0.3) is 0 Å².